The molecule has 0 radical (unpaired) electrons. The number of hydrogen-bond acceptors (Lipinski definition) is 4. The zero-order valence-corrected chi connectivity index (χ0v) is 20.8. The van der Waals surface area contributed by atoms with Crippen LogP contribution in [0.5, 0.6) is 5.75 Å². The number of benzene rings is 3. The molecule has 0 spiro atoms. The van der Waals surface area contributed by atoms with Gasteiger partial charge in [0.25, 0.3) is 0 Å². The van der Waals surface area contributed by atoms with Gasteiger partial charge in [-0.1, -0.05) is 73.7 Å². The maximum Gasteiger partial charge on any atom is 0.120 e. The molecular weight excluding hydrogens is 444 g/mol. The van der Waals surface area contributed by atoms with Crippen LogP contribution in [0.3, 0.4) is 0 Å². The van der Waals surface area contributed by atoms with Crippen molar-refractivity contribution in [3.63, 3.8) is 0 Å². The summed E-state index contributed by atoms with van der Waals surface area (Å²) in [6, 6.07) is 25.2. The van der Waals surface area contributed by atoms with Crippen molar-refractivity contribution in [2.24, 2.45) is 5.92 Å². The van der Waals surface area contributed by atoms with Gasteiger partial charge in [0.2, 0.25) is 0 Å². The first-order valence-corrected chi connectivity index (χ1v) is 13.4. The Morgan fingerprint density at radius 1 is 0.861 bits per heavy atom. The van der Waals surface area contributed by atoms with Crippen LogP contribution in [0.1, 0.15) is 67.7 Å². The molecule has 1 aromatic heterocycles. The maximum absolute atomic E-state index is 6.10. The quantitative estimate of drug-likeness (QED) is 0.269. The summed E-state index contributed by atoms with van der Waals surface area (Å²) in [5, 5.41) is 12.6. The molecule has 5 heteroatoms. The Bertz CT molecular complexity index is 1290. The van der Waals surface area contributed by atoms with Gasteiger partial charge >= 0.3 is 0 Å². The molecule has 0 amide bonds. The minimum absolute atomic E-state index is 0.584. The lowest BCUT2D eigenvalue weighted by Gasteiger charge is -2.19. The molecule has 3 aromatic carbocycles. The number of nitrogens with zero attached hydrogens (tertiary/aromatic N) is 3. The lowest BCUT2D eigenvalue weighted by Crippen LogP contribution is -2.09. The number of rotatable bonds is 9. The van der Waals surface area contributed by atoms with Gasteiger partial charge in [0.15, 0.2) is 0 Å². The molecule has 2 saturated carbocycles. The van der Waals surface area contributed by atoms with Crippen LogP contribution >= 0.6 is 0 Å². The van der Waals surface area contributed by atoms with E-state index in [9.17, 15) is 0 Å². The molecule has 0 saturated heterocycles. The number of nitrogens with one attached hydrogen (secondary N) is 1. The topological polar surface area (TPSA) is 52.0 Å². The molecule has 184 valence electrons. The van der Waals surface area contributed by atoms with Crippen molar-refractivity contribution in [2.75, 3.05) is 5.32 Å². The monoisotopic (exact) mass is 478 g/mol. The number of anilines is 2. The Hall–Kier alpha value is -3.60. The summed E-state index contributed by atoms with van der Waals surface area (Å²) in [7, 11) is 0. The zero-order valence-electron chi connectivity index (χ0n) is 20.8. The molecule has 0 atom stereocenters. The van der Waals surface area contributed by atoms with E-state index in [1.54, 1.807) is 0 Å². The first kappa shape index (κ1) is 22.8. The Morgan fingerprint density at radius 3 is 2.56 bits per heavy atom. The molecule has 36 heavy (non-hydrogen) atoms. The zero-order chi connectivity index (χ0) is 24.2. The summed E-state index contributed by atoms with van der Waals surface area (Å²) in [6.07, 6.45) is 12.4. The molecule has 4 aromatic rings. The molecule has 5 nitrogen and oxygen atoms in total. The lowest BCUT2D eigenvalue weighted by molar-refractivity contribution is 0.306. The summed E-state index contributed by atoms with van der Waals surface area (Å²) in [4.78, 5) is 0. The van der Waals surface area contributed by atoms with Gasteiger partial charge in [-0.05, 0) is 78.6 Å². The van der Waals surface area contributed by atoms with Crippen LogP contribution in [0, 0.1) is 5.92 Å². The molecule has 0 bridgehead atoms. The third kappa shape index (κ3) is 5.62. The van der Waals surface area contributed by atoms with Gasteiger partial charge in [-0.3, -0.25) is 0 Å². The minimum atomic E-state index is 0.584. The van der Waals surface area contributed by atoms with Crippen LogP contribution < -0.4 is 10.1 Å². The molecule has 0 aliphatic heterocycles. The molecule has 1 heterocycles. The van der Waals surface area contributed by atoms with Gasteiger partial charge in [-0.25, -0.2) is 4.68 Å². The van der Waals surface area contributed by atoms with Crippen LogP contribution in [0.2, 0.25) is 0 Å². The van der Waals surface area contributed by atoms with Gasteiger partial charge in [0.1, 0.15) is 12.4 Å². The van der Waals surface area contributed by atoms with Crippen molar-refractivity contribution >= 4 is 11.4 Å². The van der Waals surface area contributed by atoms with E-state index in [4.69, 9.17) is 4.74 Å². The Balaban J connectivity index is 1.15. The van der Waals surface area contributed by atoms with E-state index in [-0.39, 0.29) is 0 Å². The first-order chi connectivity index (χ1) is 17.8. The smallest absolute Gasteiger partial charge is 0.120 e. The highest BCUT2D eigenvalue weighted by molar-refractivity contribution is 5.67. The van der Waals surface area contributed by atoms with Crippen molar-refractivity contribution < 1.29 is 4.74 Å². The normalized spacial score (nSPS) is 16.1. The van der Waals surface area contributed by atoms with Crippen LogP contribution in [-0.2, 0) is 13.0 Å². The second-order valence-corrected chi connectivity index (χ2v) is 10.3. The first-order valence-electron chi connectivity index (χ1n) is 13.4. The van der Waals surface area contributed by atoms with Gasteiger partial charge in [0.05, 0.1) is 17.6 Å². The third-order valence-corrected chi connectivity index (χ3v) is 7.44. The van der Waals surface area contributed by atoms with E-state index < -0.39 is 0 Å². The molecule has 2 aliphatic rings. The summed E-state index contributed by atoms with van der Waals surface area (Å²) in [6.45, 7) is 0.584. The highest BCUT2D eigenvalue weighted by Crippen LogP contribution is 2.45. The average Bonchev–Trinajstić information content (AvgIpc) is 3.67. The van der Waals surface area contributed by atoms with E-state index in [1.165, 1.54) is 56.1 Å². The van der Waals surface area contributed by atoms with Crippen LogP contribution in [0.15, 0.2) is 79.0 Å². The summed E-state index contributed by atoms with van der Waals surface area (Å²) < 4.78 is 8.01. The van der Waals surface area contributed by atoms with Gasteiger partial charge in [0, 0.05) is 11.4 Å². The van der Waals surface area contributed by atoms with Crippen LogP contribution in [0.4, 0.5) is 11.4 Å². The average molecular weight is 479 g/mol. The maximum atomic E-state index is 6.10. The fourth-order valence-electron chi connectivity index (χ4n) is 5.30. The molecular formula is C31H34N4O. The van der Waals surface area contributed by atoms with Crippen molar-refractivity contribution in [3.8, 4) is 11.4 Å². The number of hydrogen-bond donors (Lipinski definition) is 1. The van der Waals surface area contributed by atoms with E-state index in [0.717, 1.165) is 40.8 Å². The minimum Gasteiger partial charge on any atom is -0.489 e. The van der Waals surface area contributed by atoms with Crippen molar-refractivity contribution in [2.45, 2.75) is 63.9 Å². The Labute approximate surface area is 213 Å². The summed E-state index contributed by atoms with van der Waals surface area (Å²) >= 11 is 0. The third-order valence-electron chi connectivity index (χ3n) is 7.44. The van der Waals surface area contributed by atoms with E-state index >= 15 is 0 Å². The Morgan fingerprint density at radius 2 is 1.72 bits per heavy atom. The second-order valence-electron chi connectivity index (χ2n) is 10.3. The highest BCUT2D eigenvalue weighted by atomic mass is 16.5. The van der Waals surface area contributed by atoms with Crippen molar-refractivity contribution in [1.29, 1.82) is 0 Å². The molecule has 6 rings (SSSR count). The lowest BCUT2D eigenvalue weighted by atomic mass is 9.86. The molecule has 1 N–H and O–H groups in total. The SMILES string of the molecule is c1ccc(COc2ccc(Nc3cccc(-n4cc(CC5CCCCC5)nn4)c3)c(C3CC3)c2)cc1. The fraction of sp³-hybridized carbons (Fsp3) is 0.355. The van der Waals surface area contributed by atoms with E-state index in [0.29, 0.717) is 12.5 Å². The highest BCUT2D eigenvalue weighted by Gasteiger charge is 2.27. The van der Waals surface area contributed by atoms with Crippen molar-refractivity contribution in [1.82, 2.24) is 15.0 Å². The number of aromatic nitrogens is 3. The van der Waals surface area contributed by atoms with Crippen LogP contribution in [0.25, 0.3) is 5.69 Å². The molecule has 0 unspecified atom stereocenters. The van der Waals surface area contributed by atoms with E-state index in [1.807, 2.05) is 22.9 Å². The largest absolute Gasteiger partial charge is 0.489 e. The predicted molar refractivity (Wildman–Crippen MR) is 144 cm³/mol. The fourth-order valence-corrected chi connectivity index (χ4v) is 5.30. The Kier molecular flexibility index (Phi) is 6.70. The van der Waals surface area contributed by atoms with Crippen molar-refractivity contribution in [3.05, 3.63) is 95.8 Å². The number of ether oxygens (including phenoxy) is 1. The van der Waals surface area contributed by atoms with Crippen LogP contribution in [-0.4, -0.2) is 15.0 Å². The second kappa shape index (κ2) is 10.6. The van der Waals surface area contributed by atoms with Gasteiger partial charge in [-0.2, -0.15) is 0 Å². The standard InChI is InChI=1S/C31H34N4O/c1-3-8-23(9-4-1)18-27-21-35(34-33-27)28-13-7-12-26(19-28)32-31-17-16-29(20-30(31)25-14-15-25)36-22-24-10-5-2-6-11-24/h2,5-7,10-13,16-17,19-21,23,25,32H,1,3-4,8-9,14-15,18,22H2. The molecule has 2 aliphatic carbocycles. The molecule has 2 fully saturated rings. The van der Waals surface area contributed by atoms with Gasteiger partial charge in [-0.15, -0.1) is 5.10 Å². The summed E-state index contributed by atoms with van der Waals surface area (Å²) in [5.41, 5.74) is 6.84. The van der Waals surface area contributed by atoms with Gasteiger partial charge < -0.3 is 10.1 Å². The van der Waals surface area contributed by atoms with E-state index in [2.05, 4.69) is 76.4 Å². The summed E-state index contributed by atoms with van der Waals surface area (Å²) in [5.74, 6) is 2.29. The predicted octanol–water partition coefficient (Wildman–Crippen LogP) is 7.59.